The molecule has 1 unspecified atom stereocenters. The Morgan fingerprint density at radius 3 is 2.52 bits per heavy atom. The third-order valence-corrected chi connectivity index (χ3v) is 7.33. The van der Waals surface area contributed by atoms with Crippen molar-refractivity contribution in [2.75, 3.05) is 31.5 Å². The fourth-order valence-electron chi connectivity index (χ4n) is 3.30. The van der Waals surface area contributed by atoms with E-state index in [1.807, 2.05) is 4.90 Å². The molecule has 0 aliphatic carbocycles. The lowest BCUT2D eigenvalue weighted by molar-refractivity contribution is -0.121. The zero-order chi connectivity index (χ0) is 21.3. The number of aryl methyl sites for hydroxylation is 2. The molecule has 0 saturated carbocycles. The van der Waals surface area contributed by atoms with Gasteiger partial charge < -0.3 is 9.84 Å². The predicted octanol–water partition coefficient (Wildman–Crippen LogP) is 2.42. The maximum Gasteiger partial charge on any atom is 0.248 e. The highest BCUT2D eigenvalue weighted by Gasteiger charge is 2.35. The van der Waals surface area contributed by atoms with Crippen molar-refractivity contribution < 1.29 is 22.1 Å². The number of carbonyl (C=O) groups is 1. The first-order valence-corrected chi connectivity index (χ1v) is 10.9. The number of nitrogens with one attached hydrogen (secondary N) is 1. The fourth-order valence-corrected chi connectivity index (χ4v) is 5.18. The summed E-state index contributed by atoms with van der Waals surface area (Å²) < 4.78 is 46.0. The zero-order valence-corrected chi connectivity index (χ0v) is 17.8. The molecule has 1 aliphatic heterocycles. The van der Waals surface area contributed by atoms with Crippen LogP contribution in [0.5, 0.6) is 0 Å². The highest BCUT2D eigenvalue weighted by Crippen LogP contribution is 2.25. The maximum atomic E-state index is 13.8. The molecule has 1 aromatic heterocycles. The minimum atomic E-state index is -3.72. The van der Waals surface area contributed by atoms with Gasteiger partial charge in [0.2, 0.25) is 15.9 Å². The number of anilines is 1. The quantitative estimate of drug-likeness (QED) is 0.760. The molecular weight excluding hydrogens is 423 g/mol. The molecule has 2 aromatic rings. The molecule has 1 amide bonds. The van der Waals surface area contributed by atoms with Crippen molar-refractivity contribution in [3.05, 3.63) is 40.5 Å². The van der Waals surface area contributed by atoms with E-state index < -0.39 is 27.8 Å². The predicted molar refractivity (Wildman–Crippen MR) is 106 cm³/mol. The van der Waals surface area contributed by atoms with Crippen LogP contribution in [-0.2, 0) is 14.8 Å². The van der Waals surface area contributed by atoms with Crippen molar-refractivity contribution in [2.45, 2.75) is 31.7 Å². The van der Waals surface area contributed by atoms with Crippen LogP contribution in [0.3, 0.4) is 0 Å². The number of hydrogen-bond acceptors (Lipinski definition) is 6. The molecular formula is C18H22ClFN4O4S. The summed E-state index contributed by atoms with van der Waals surface area (Å²) in [5.41, 5.74) is 0.329. The second kappa shape index (κ2) is 8.39. The summed E-state index contributed by atoms with van der Waals surface area (Å²) in [4.78, 5) is 14.4. The summed E-state index contributed by atoms with van der Waals surface area (Å²) in [6.45, 7) is 5.98. The Morgan fingerprint density at radius 1 is 1.28 bits per heavy atom. The smallest absolute Gasteiger partial charge is 0.248 e. The molecule has 1 aliphatic rings. The number of carbonyl (C=O) groups excluding carboxylic acids is 1. The van der Waals surface area contributed by atoms with Crippen LogP contribution in [0.25, 0.3) is 0 Å². The molecule has 0 bridgehead atoms. The van der Waals surface area contributed by atoms with Crippen LogP contribution >= 0.6 is 11.6 Å². The molecule has 1 fully saturated rings. The van der Waals surface area contributed by atoms with Crippen LogP contribution < -0.4 is 5.32 Å². The minimum absolute atomic E-state index is 0.00831. The summed E-state index contributed by atoms with van der Waals surface area (Å²) in [5, 5.41) is 6.56. The van der Waals surface area contributed by atoms with E-state index in [1.165, 1.54) is 22.5 Å². The lowest BCUT2D eigenvalue weighted by Crippen LogP contribution is -2.54. The maximum absolute atomic E-state index is 13.8. The second-order valence-corrected chi connectivity index (χ2v) is 9.19. The first-order chi connectivity index (χ1) is 13.6. The SMILES string of the molecule is Cc1noc(C)c1S(=O)(=O)N1CCN(C(C)C(=O)Nc2cc(Cl)ccc2F)CC1. The van der Waals surface area contributed by atoms with Crippen molar-refractivity contribution in [1.29, 1.82) is 0 Å². The van der Waals surface area contributed by atoms with Crippen molar-refractivity contribution in [3.63, 3.8) is 0 Å². The largest absolute Gasteiger partial charge is 0.360 e. The third-order valence-electron chi connectivity index (χ3n) is 4.95. The molecule has 158 valence electrons. The highest BCUT2D eigenvalue weighted by atomic mass is 35.5. The Kier molecular flexibility index (Phi) is 6.27. The molecule has 3 rings (SSSR count). The van der Waals surface area contributed by atoms with Gasteiger partial charge >= 0.3 is 0 Å². The highest BCUT2D eigenvalue weighted by molar-refractivity contribution is 7.89. The van der Waals surface area contributed by atoms with Gasteiger partial charge in [-0.05, 0) is 39.0 Å². The summed E-state index contributed by atoms with van der Waals surface area (Å²) in [6, 6.07) is 3.35. The van der Waals surface area contributed by atoms with Crippen LogP contribution in [0.4, 0.5) is 10.1 Å². The molecule has 1 saturated heterocycles. The van der Waals surface area contributed by atoms with Gasteiger partial charge in [-0.25, -0.2) is 12.8 Å². The second-order valence-electron chi connectivity index (χ2n) is 6.88. The molecule has 1 atom stereocenters. The van der Waals surface area contributed by atoms with Crippen molar-refractivity contribution >= 4 is 33.2 Å². The van der Waals surface area contributed by atoms with Crippen molar-refractivity contribution in [2.24, 2.45) is 0 Å². The molecule has 0 radical (unpaired) electrons. The van der Waals surface area contributed by atoms with E-state index in [0.717, 1.165) is 0 Å². The summed E-state index contributed by atoms with van der Waals surface area (Å²) in [6.07, 6.45) is 0. The van der Waals surface area contributed by atoms with Gasteiger partial charge in [-0.1, -0.05) is 16.8 Å². The lowest BCUT2D eigenvalue weighted by atomic mass is 10.2. The Labute approximate surface area is 173 Å². The van der Waals surface area contributed by atoms with Crippen molar-refractivity contribution in [1.82, 2.24) is 14.4 Å². The number of aromatic nitrogens is 1. The average molecular weight is 445 g/mol. The van der Waals surface area contributed by atoms with Crippen LogP contribution in [-0.4, -0.2) is 60.9 Å². The molecule has 0 spiro atoms. The van der Waals surface area contributed by atoms with E-state index in [2.05, 4.69) is 10.5 Å². The first kappa shape index (κ1) is 21.7. The van der Waals surface area contributed by atoms with Gasteiger partial charge in [-0.15, -0.1) is 0 Å². The van der Waals surface area contributed by atoms with Crippen molar-refractivity contribution in [3.8, 4) is 0 Å². The van der Waals surface area contributed by atoms with Gasteiger partial charge in [0.1, 0.15) is 16.4 Å². The van der Waals surface area contributed by atoms with E-state index in [9.17, 15) is 17.6 Å². The van der Waals surface area contributed by atoms with E-state index >= 15 is 0 Å². The third kappa shape index (κ3) is 4.45. The van der Waals surface area contributed by atoms with Gasteiger partial charge in [0.15, 0.2) is 5.76 Å². The molecule has 1 aromatic carbocycles. The monoisotopic (exact) mass is 444 g/mol. The van der Waals surface area contributed by atoms with Gasteiger partial charge in [0.25, 0.3) is 0 Å². The fraction of sp³-hybridized carbons (Fsp3) is 0.444. The molecule has 11 heteroatoms. The summed E-state index contributed by atoms with van der Waals surface area (Å²) in [5.74, 6) is -0.722. The number of hydrogen-bond donors (Lipinski definition) is 1. The Morgan fingerprint density at radius 2 is 1.93 bits per heavy atom. The Balaban J connectivity index is 1.64. The number of halogens is 2. The van der Waals surface area contributed by atoms with Gasteiger partial charge in [-0.3, -0.25) is 9.69 Å². The van der Waals surface area contributed by atoms with Crippen LogP contribution in [0.15, 0.2) is 27.6 Å². The molecule has 8 nitrogen and oxygen atoms in total. The van der Waals surface area contributed by atoms with Crippen LogP contribution in [0.1, 0.15) is 18.4 Å². The number of amides is 1. The number of rotatable bonds is 5. The molecule has 1 N–H and O–H groups in total. The van der Waals surface area contributed by atoms with E-state index in [1.54, 1.807) is 20.8 Å². The topological polar surface area (TPSA) is 95.8 Å². The normalized spacial score (nSPS) is 17.3. The number of benzene rings is 1. The van der Waals surface area contributed by atoms with Crippen LogP contribution in [0, 0.1) is 19.7 Å². The average Bonchev–Trinajstić information content (AvgIpc) is 3.03. The van der Waals surface area contributed by atoms with E-state index in [-0.39, 0.29) is 29.4 Å². The lowest BCUT2D eigenvalue weighted by Gasteiger charge is -2.36. The van der Waals surface area contributed by atoms with Gasteiger partial charge in [0, 0.05) is 31.2 Å². The Bertz CT molecular complexity index is 999. The first-order valence-electron chi connectivity index (χ1n) is 9.04. The van der Waals surface area contributed by atoms with Crippen LogP contribution in [0.2, 0.25) is 5.02 Å². The summed E-state index contributed by atoms with van der Waals surface area (Å²) in [7, 11) is -3.72. The minimum Gasteiger partial charge on any atom is -0.360 e. The molecule has 2 heterocycles. The number of sulfonamides is 1. The molecule has 29 heavy (non-hydrogen) atoms. The van der Waals surface area contributed by atoms with Gasteiger partial charge in [0.05, 0.1) is 11.7 Å². The summed E-state index contributed by atoms with van der Waals surface area (Å²) >= 11 is 5.85. The standard InChI is InChI=1S/C18H22ClFN4O4S/c1-11-17(13(3)28-22-11)29(26,27)24-8-6-23(7-9-24)12(2)18(25)21-16-10-14(19)4-5-15(16)20/h4-5,10,12H,6-9H2,1-3H3,(H,21,25). The number of nitrogens with zero attached hydrogens (tertiary/aromatic N) is 3. The number of piperazine rings is 1. The van der Waals surface area contributed by atoms with E-state index in [0.29, 0.717) is 23.8 Å². The van der Waals surface area contributed by atoms with E-state index in [4.69, 9.17) is 16.1 Å². The zero-order valence-electron chi connectivity index (χ0n) is 16.3. The van der Waals surface area contributed by atoms with Gasteiger partial charge in [-0.2, -0.15) is 4.31 Å². The Hall–Kier alpha value is -2.01.